The lowest BCUT2D eigenvalue weighted by Gasteiger charge is -2.10. The summed E-state index contributed by atoms with van der Waals surface area (Å²) >= 11 is 0. The predicted octanol–water partition coefficient (Wildman–Crippen LogP) is 3.71. The van der Waals surface area contributed by atoms with Crippen molar-refractivity contribution in [2.24, 2.45) is 0 Å². The molecule has 0 saturated carbocycles. The monoisotopic (exact) mass is 298 g/mol. The van der Waals surface area contributed by atoms with Crippen molar-refractivity contribution >= 4 is 11.5 Å². The Morgan fingerprint density at radius 2 is 2.09 bits per heavy atom. The number of rotatable bonds is 2. The van der Waals surface area contributed by atoms with Crippen LogP contribution < -0.4 is 4.74 Å². The van der Waals surface area contributed by atoms with Gasteiger partial charge >= 0.3 is 5.97 Å². The molecule has 1 aliphatic heterocycles. The Bertz CT molecular complexity index is 750. The van der Waals surface area contributed by atoms with Gasteiger partial charge in [0, 0.05) is 18.6 Å². The minimum atomic E-state index is -0.343. The summed E-state index contributed by atoms with van der Waals surface area (Å²) in [5.74, 6) is -0.191. The minimum Gasteiger partial charge on any atom is -0.488 e. The van der Waals surface area contributed by atoms with Crippen LogP contribution in [0.25, 0.3) is 5.57 Å². The summed E-state index contributed by atoms with van der Waals surface area (Å²) in [6.45, 7) is 1.90. The van der Waals surface area contributed by atoms with Crippen LogP contribution in [0.5, 0.6) is 5.75 Å². The second-order valence-corrected chi connectivity index (χ2v) is 5.01. The third kappa shape index (κ3) is 2.86. The molecule has 0 N–H and O–H groups in total. The van der Waals surface area contributed by atoms with E-state index in [2.05, 4.69) is 0 Å². The lowest BCUT2D eigenvalue weighted by atomic mass is 9.94. The molecule has 0 bridgehead atoms. The van der Waals surface area contributed by atoms with Gasteiger partial charge in [-0.2, -0.15) is 0 Å². The van der Waals surface area contributed by atoms with Crippen molar-refractivity contribution in [3.63, 3.8) is 0 Å². The normalized spacial score (nSPS) is 14.5. The summed E-state index contributed by atoms with van der Waals surface area (Å²) in [6.07, 6.45) is 1.83. The number of halogens is 1. The van der Waals surface area contributed by atoms with E-state index in [1.54, 1.807) is 6.07 Å². The van der Waals surface area contributed by atoms with Crippen LogP contribution in [0.15, 0.2) is 48.5 Å². The van der Waals surface area contributed by atoms with E-state index in [1.165, 1.54) is 19.1 Å². The van der Waals surface area contributed by atoms with Crippen molar-refractivity contribution in [1.82, 2.24) is 0 Å². The first-order chi connectivity index (χ1) is 10.6. The molecule has 4 heteroatoms. The number of hydrogen-bond acceptors (Lipinski definition) is 3. The fourth-order valence-corrected chi connectivity index (χ4v) is 2.51. The van der Waals surface area contributed by atoms with E-state index in [0.717, 1.165) is 22.3 Å². The van der Waals surface area contributed by atoms with Crippen molar-refractivity contribution in [2.75, 3.05) is 6.61 Å². The van der Waals surface area contributed by atoms with Crippen molar-refractivity contribution in [1.29, 1.82) is 0 Å². The van der Waals surface area contributed by atoms with E-state index in [-0.39, 0.29) is 18.4 Å². The van der Waals surface area contributed by atoms with Gasteiger partial charge in [-0.25, -0.2) is 4.39 Å². The molecule has 112 valence electrons. The van der Waals surface area contributed by atoms with Gasteiger partial charge < -0.3 is 9.47 Å². The fourth-order valence-electron chi connectivity index (χ4n) is 2.51. The van der Waals surface area contributed by atoms with Crippen LogP contribution in [0.2, 0.25) is 0 Å². The Morgan fingerprint density at radius 1 is 1.27 bits per heavy atom. The Balaban J connectivity index is 2.10. The number of carbonyl (C=O) groups excluding carboxylic acids is 1. The van der Waals surface area contributed by atoms with Gasteiger partial charge in [-0.1, -0.05) is 24.3 Å². The van der Waals surface area contributed by atoms with Gasteiger partial charge in [0.05, 0.1) is 0 Å². The van der Waals surface area contributed by atoms with Gasteiger partial charge in [-0.3, -0.25) is 4.79 Å². The fraction of sp³-hybridized carbons (Fsp3) is 0.167. The smallest absolute Gasteiger partial charge is 0.302 e. The molecule has 0 atom stereocenters. The highest BCUT2D eigenvalue weighted by Gasteiger charge is 2.19. The average molecular weight is 298 g/mol. The molecule has 22 heavy (non-hydrogen) atoms. The van der Waals surface area contributed by atoms with Crippen LogP contribution in [0.1, 0.15) is 23.6 Å². The molecule has 0 radical (unpaired) electrons. The second-order valence-electron chi connectivity index (χ2n) is 5.01. The van der Waals surface area contributed by atoms with Crippen molar-refractivity contribution < 1.29 is 18.7 Å². The van der Waals surface area contributed by atoms with E-state index in [1.807, 2.05) is 30.3 Å². The van der Waals surface area contributed by atoms with Gasteiger partial charge in [-0.05, 0) is 34.9 Å². The van der Waals surface area contributed by atoms with Crippen molar-refractivity contribution in [3.05, 3.63) is 71.0 Å². The summed E-state index contributed by atoms with van der Waals surface area (Å²) in [5, 5.41) is 0. The maximum atomic E-state index is 13.5. The zero-order chi connectivity index (χ0) is 15.5. The molecule has 0 spiro atoms. The van der Waals surface area contributed by atoms with Crippen LogP contribution >= 0.6 is 0 Å². The lowest BCUT2D eigenvalue weighted by molar-refractivity contribution is -0.139. The van der Waals surface area contributed by atoms with Crippen LogP contribution in [0.3, 0.4) is 0 Å². The molecular formula is C18H15FO3. The molecule has 3 nitrogen and oxygen atoms in total. The van der Waals surface area contributed by atoms with E-state index in [0.29, 0.717) is 12.4 Å². The zero-order valence-electron chi connectivity index (χ0n) is 12.1. The second kappa shape index (κ2) is 6.02. The molecule has 3 rings (SSSR count). The van der Waals surface area contributed by atoms with Crippen molar-refractivity contribution in [3.8, 4) is 5.75 Å². The predicted molar refractivity (Wildman–Crippen MR) is 80.9 cm³/mol. The summed E-state index contributed by atoms with van der Waals surface area (Å²) in [4.78, 5) is 11.0. The molecule has 0 saturated heterocycles. The molecule has 0 amide bonds. The first-order valence-electron chi connectivity index (χ1n) is 6.99. The Labute approximate surface area is 128 Å². The number of hydrogen-bond donors (Lipinski definition) is 0. The highest BCUT2D eigenvalue weighted by atomic mass is 19.1. The summed E-state index contributed by atoms with van der Waals surface area (Å²) in [6, 6.07) is 12.3. The first kappa shape index (κ1) is 14.3. The average Bonchev–Trinajstić information content (AvgIpc) is 2.64. The number of esters is 1. The molecule has 1 aliphatic rings. The SMILES string of the molecule is CC(=O)OC/C=C1\c2ccccc2COc2cc(F)ccc21. The number of fused-ring (bicyclic) bond motifs is 2. The standard InChI is InChI=1S/C18H15FO3/c1-12(20)21-9-8-16-15-5-3-2-4-13(15)11-22-18-10-14(19)6-7-17(16)18/h2-8,10H,9,11H2,1H3/b16-8+. The Hall–Kier alpha value is -2.62. The van der Waals surface area contributed by atoms with E-state index in [9.17, 15) is 9.18 Å². The van der Waals surface area contributed by atoms with E-state index < -0.39 is 0 Å². The molecule has 0 unspecified atom stereocenters. The van der Waals surface area contributed by atoms with Gasteiger partial charge in [0.25, 0.3) is 0 Å². The van der Waals surface area contributed by atoms with Gasteiger partial charge in [-0.15, -0.1) is 0 Å². The van der Waals surface area contributed by atoms with Crippen LogP contribution in [0, 0.1) is 5.82 Å². The molecule has 2 aromatic rings. The van der Waals surface area contributed by atoms with Gasteiger partial charge in [0.2, 0.25) is 0 Å². The van der Waals surface area contributed by atoms with E-state index >= 15 is 0 Å². The molecule has 0 aromatic heterocycles. The number of benzene rings is 2. The number of ether oxygens (including phenoxy) is 2. The molecular weight excluding hydrogens is 283 g/mol. The maximum Gasteiger partial charge on any atom is 0.302 e. The highest BCUT2D eigenvalue weighted by molar-refractivity contribution is 5.85. The van der Waals surface area contributed by atoms with E-state index in [4.69, 9.17) is 9.47 Å². The highest BCUT2D eigenvalue weighted by Crippen LogP contribution is 2.36. The lowest BCUT2D eigenvalue weighted by Crippen LogP contribution is -2.00. The molecule has 2 aromatic carbocycles. The Morgan fingerprint density at radius 3 is 2.91 bits per heavy atom. The van der Waals surface area contributed by atoms with Crippen LogP contribution in [-0.2, 0) is 16.1 Å². The quantitative estimate of drug-likeness (QED) is 0.793. The topological polar surface area (TPSA) is 35.5 Å². The van der Waals surface area contributed by atoms with Crippen LogP contribution in [0.4, 0.5) is 4.39 Å². The largest absolute Gasteiger partial charge is 0.488 e. The third-order valence-electron chi connectivity index (χ3n) is 3.50. The molecule has 0 fully saturated rings. The zero-order valence-corrected chi connectivity index (χ0v) is 12.1. The summed E-state index contributed by atoms with van der Waals surface area (Å²) in [7, 11) is 0. The summed E-state index contributed by atoms with van der Waals surface area (Å²) < 4.78 is 24.2. The number of carbonyl (C=O) groups is 1. The molecule has 1 heterocycles. The minimum absolute atomic E-state index is 0.163. The van der Waals surface area contributed by atoms with Gasteiger partial charge in [0.15, 0.2) is 0 Å². The summed E-state index contributed by atoms with van der Waals surface area (Å²) in [5.41, 5.74) is 3.68. The molecule has 0 aliphatic carbocycles. The van der Waals surface area contributed by atoms with Gasteiger partial charge in [0.1, 0.15) is 24.8 Å². The first-order valence-corrected chi connectivity index (χ1v) is 6.99. The maximum absolute atomic E-state index is 13.5. The third-order valence-corrected chi connectivity index (χ3v) is 3.50. The van der Waals surface area contributed by atoms with Crippen LogP contribution in [-0.4, -0.2) is 12.6 Å². The van der Waals surface area contributed by atoms with Crippen molar-refractivity contribution in [2.45, 2.75) is 13.5 Å². The Kier molecular flexibility index (Phi) is 3.92.